The highest BCUT2D eigenvalue weighted by Gasteiger charge is 2.34. The van der Waals surface area contributed by atoms with E-state index in [9.17, 15) is 9.18 Å². The van der Waals surface area contributed by atoms with Crippen LogP contribution in [0.3, 0.4) is 0 Å². The van der Waals surface area contributed by atoms with Gasteiger partial charge in [0.05, 0.1) is 20.3 Å². The van der Waals surface area contributed by atoms with E-state index in [1.165, 1.54) is 24.3 Å². The van der Waals surface area contributed by atoms with Gasteiger partial charge < -0.3 is 14.4 Å². The molecule has 1 amide bonds. The molecule has 4 nitrogen and oxygen atoms in total. The van der Waals surface area contributed by atoms with Crippen molar-refractivity contribution in [3.05, 3.63) is 93.8 Å². The van der Waals surface area contributed by atoms with Crippen molar-refractivity contribution in [2.24, 2.45) is 0 Å². The molecular weight excluding hydrogens is 405 g/mol. The Kier molecular flexibility index (Phi) is 5.64. The van der Waals surface area contributed by atoms with E-state index in [0.717, 1.165) is 16.7 Å². The van der Waals surface area contributed by atoms with E-state index < -0.39 is 0 Å². The number of hydrogen-bond acceptors (Lipinski definition) is 3. The van der Waals surface area contributed by atoms with Crippen LogP contribution >= 0.6 is 11.6 Å². The predicted molar refractivity (Wildman–Crippen MR) is 114 cm³/mol. The fraction of sp³-hybridized carbons (Fsp3) is 0.208. The third-order valence-electron chi connectivity index (χ3n) is 5.39. The number of methoxy groups -OCH3 is 2. The molecule has 0 aromatic heterocycles. The highest BCUT2D eigenvalue weighted by molar-refractivity contribution is 6.30. The predicted octanol–water partition coefficient (Wildman–Crippen LogP) is 5.28. The zero-order valence-electron chi connectivity index (χ0n) is 16.7. The van der Waals surface area contributed by atoms with Crippen LogP contribution in [0.4, 0.5) is 4.39 Å². The Bertz CT molecular complexity index is 1080. The van der Waals surface area contributed by atoms with E-state index >= 15 is 0 Å². The number of carbonyl (C=O) groups excluding carboxylic acids is 1. The Morgan fingerprint density at radius 1 is 1.03 bits per heavy atom. The number of nitrogens with zero attached hydrogens (tertiary/aromatic N) is 1. The lowest BCUT2D eigenvalue weighted by Gasteiger charge is -2.38. The van der Waals surface area contributed by atoms with E-state index in [1.807, 2.05) is 30.3 Å². The van der Waals surface area contributed by atoms with Crippen LogP contribution < -0.4 is 9.47 Å². The van der Waals surface area contributed by atoms with Gasteiger partial charge in [-0.2, -0.15) is 0 Å². The standard InChI is InChI=1S/C24H21ClFNO3/c1-29-21-13-16-10-11-27(24(28)15-6-8-19(26)9-7-15)23(20(16)14-22(21)30-2)17-4-3-5-18(25)12-17/h3-9,12-14,23H,10-11H2,1-2H3/t23-/m1/s1. The molecule has 6 heteroatoms. The molecule has 0 saturated heterocycles. The average Bonchev–Trinajstić information content (AvgIpc) is 2.77. The topological polar surface area (TPSA) is 38.8 Å². The summed E-state index contributed by atoms with van der Waals surface area (Å²) >= 11 is 6.27. The summed E-state index contributed by atoms with van der Waals surface area (Å²) < 4.78 is 24.3. The molecular formula is C24H21ClFNO3. The number of hydrogen-bond donors (Lipinski definition) is 0. The highest BCUT2D eigenvalue weighted by Crippen LogP contribution is 2.41. The van der Waals surface area contributed by atoms with Crippen molar-refractivity contribution in [3.63, 3.8) is 0 Å². The first kappa shape index (κ1) is 20.2. The van der Waals surface area contributed by atoms with E-state index in [2.05, 4.69) is 0 Å². The molecule has 1 aliphatic heterocycles. The largest absolute Gasteiger partial charge is 0.493 e. The summed E-state index contributed by atoms with van der Waals surface area (Å²) in [5, 5.41) is 0.592. The third kappa shape index (κ3) is 3.73. The second-order valence-corrected chi connectivity index (χ2v) is 7.56. The molecule has 0 N–H and O–H groups in total. The van der Waals surface area contributed by atoms with Crippen molar-refractivity contribution < 1.29 is 18.7 Å². The monoisotopic (exact) mass is 425 g/mol. The molecule has 154 valence electrons. The molecule has 0 aliphatic carbocycles. The van der Waals surface area contributed by atoms with E-state index in [1.54, 1.807) is 25.2 Å². The molecule has 1 atom stereocenters. The van der Waals surface area contributed by atoms with Crippen molar-refractivity contribution in [1.82, 2.24) is 4.90 Å². The lowest BCUT2D eigenvalue weighted by Crippen LogP contribution is -2.40. The average molecular weight is 426 g/mol. The molecule has 0 unspecified atom stereocenters. The summed E-state index contributed by atoms with van der Waals surface area (Å²) in [6.45, 7) is 0.510. The van der Waals surface area contributed by atoms with Crippen LogP contribution in [0.1, 0.15) is 33.1 Å². The van der Waals surface area contributed by atoms with Crippen LogP contribution in [0, 0.1) is 5.82 Å². The number of halogens is 2. The molecule has 1 heterocycles. The van der Waals surface area contributed by atoms with Gasteiger partial charge in [0.25, 0.3) is 5.91 Å². The van der Waals surface area contributed by atoms with Crippen LogP contribution in [-0.2, 0) is 6.42 Å². The summed E-state index contributed by atoms with van der Waals surface area (Å²) in [5.74, 6) is 0.706. The fourth-order valence-electron chi connectivity index (χ4n) is 3.96. The van der Waals surface area contributed by atoms with Crippen molar-refractivity contribution >= 4 is 17.5 Å². The normalized spacial score (nSPS) is 15.5. The second-order valence-electron chi connectivity index (χ2n) is 7.12. The minimum Gasteiger partial charge on any atom is -0.493 e. The van der Waals surface area contributed by atoms with Gasteiger partial charge in [-0.25, -0.2) is 4.39 Å². The fourth-order valence-corrected chi connectivity index (χ4v) is 4.16. The summed E-state index contributed by atoms with van der Waals surface area (Å²) in [6, 6.07) is 16.6. The third-order valence-corrected chi connectivity index (χ3v) is 5.63. The van der Waals surface area contributed by atoms with Crippen molar-refractivity contribution in [3.8, 4) is 11.5 Å². The Morgan fingerprint density at radius 3 is 2.40 bits per heavy atom. The van der Waals surface area contributed by atoms with Gasteiger partial charge in [-0.3, -0.25) is 4.79 Å². The lowest BCUT2D eigenvalue weighted by molar-refractivity contribution is 0.0694. The lowest BCUT2D eigenvalue weighted by atomic mass is 9.87. The maximum Gasteiger partial charge on any atom is 0.254 e. The van der Waals surface area contributed by atoms with Gasteiger partial charge in [-0.15, -0.1) is 0 Å². The van der Waals surface area contributed by atoms with E-state index in [4.69, 9.17) is 21.1 Å². The van der Waals surface area contributed by atoms with Gasteiger partial charge in [-0.1, -0.05) is 23.7 Å². The SMILES string of the molecule is COc1cc2c(cc1OC)[C@@H](c1cccc(Cl)c1)N(C(=O)c1ccc(F)cc1)CC2. The zero-order valence-corrected chi connectivity index (χ0v) is 17.4. The van der Waals surface area contributed by atoms with E-state index in [0.29, 0.717) is 35.1 Å². The smallest absolute Gasteiger partial charge is 0.254 e. The Hall–Kier alpha value is -3.05. The molecule has 0 radical (unpaired) electrons. The van der Waals surface area contributed by atoms with Crippen LogP contribution in [0.2, 0.25) is 5.02 Å². The first-order chi connectivity index (χ1) is 14.5. The molecule has 0 fully saturated rings. The van der Waals surface area contributed by atoms with Gasteiger partial charge in [0.1, 0.15) is 5.82 Å². The molecule has 0 spiro atoms. The summed E-state index contributed by atoms with van der Waals surface area (Å²) in [4.78, 5) is 15.2. The molecule has 3 aromatic rings. The Labute approximate surface area is 179 Å². The highest BCUT2D eigenvalue weighted by atomic mass is 35.5. The van der Waals surface area contributed by atoms with Gasteiger partial charge >= 0.3 is 0 Å². The summed E-state index contributed by atoms with van der Waals surface area (Å²) in [5.41, 5.74) is 3.37. The summed E-state index contributed by atoms with van der Waals surface area (Å²) in [7, 11) is 3.19. The van der Waals surface area contributed by atoms with Crippen LogP contribution in [-0.4, -0.2) is 31.6 Å². The van der Waals surface area contributed by atoms with Gasteiger partial charge in [-0.05, 0) is 71.6 Å². The number of carbonyl (C=O) groups is 1. The van der Waals surface area contributed by atoms with Gasteiger partial charge in [0.15, 0.2) is 11.5 Å². The second kappa shape index (κ2) is 8.36. The quantitative estimate of drug-likeness (QED) is 0.570. The number of rotatable bonds is 4. The van der Waals surface area contributed by atoms with E-state index in [-0.39, 0.29) is 17.8 Å². The van der Waals surface area contributed by atoms with Crippen molar-refractivity contribution in [1.29, 1.82) is 0 Å². The number of ether oxygens (including phenoxy) is 2. The maximum absolute atomic E-state index is 13.4. The maximum atomic E-state index is 13.4. The molecule has 0 saturated carbocycles. The first-order valence-electron chi connectivity index (χ1n) is 9.58. The minimum atomic E-state index is -0.376. The van der Waals surface area contributed by atoms with Crippen LogP contribution in [0.5, 0.6) is 11.5 Å². The molecule has 0 bridgehead atoms. The van der Waals surface area contributed by atoms with Crippen LogP contribution in [0.15, 0.2) is 60.7 Å². The van der Waals surface area contributed by atoms with Gasteiger partial charge in [0, 0.05) is 17.1 Å². The van der Waals surface area contributed by atoms with Crippen LogP contribution in [0.25, 0.3) is 0 Å². The Morgan fingerprint density at radius 2 is 1.73 bits per heavy atom. The summed E-state index contributed by atoms with van der Waals surface area (Å²) in [6.07, 6.45) is 0.666. The zero-order chi connectivity index (χ0) is 21.3. The number of amides is 1. The van der Waals surface area contributed by atoms with Crippen molar-refractivity contribution in [2.45, 2.75) is 12.5 Å². The molecule has 4 rings (SSSR count). The van der Waals surface area contributed by atoms with Gasteiger partial charge in [0.2, 0.25) is 0 Å². The number of benzene rings is 3. The number of fused-ring (bicyclic) bond motifs is 1. The van der Waals surface area contributed by atoms with Crippen molar-refractivity contribution in [2.75, 3.05) is 20.8 Å². The molecule has 30 heavy (non-hydrogen) atoms. The molecule has 3 aromatic carbocycles. The minimum absolute atomic E-state index is 0.166. The Balaban J connectivity index is 1.85. The molecule has 1 aliphatic rings. The first-order valence-corrected chi connectivity index (χ1v) is 9.96.